The predicted octanol–water partition coefficient (Wildman–Crippen LogP) is -0.241. The fourth-order valence-corrected chi connectivity index (χ4v) is 0. The molecule has 0 aliphatic rings. The molecule has 0 amide bonds. The first-order valence-electron chi connectivity index (χ1n) is 1.39. The summed E-state index contributed by atoms with van der Waals surface area (Å²) in [4.78, 5) is 0. The van der Waals surface area contributed by atoms with E-state index in [2.05, 4.69) is 6.58 Å². The van der Waals surface area contributed by atoms with Crippen LogP contribution in [0.1, 0.15) is 6.92 Å². The Hall–Kier alpha value is 0.0325. The maximum absolute atomic E-state index is 9.70. The number of rotatable bonds is 1. The van der Waals surface area contributed by atoms with Gasteiger partial charge in [0.15, 0.2) is 0 Å². The maximum atomic E-state index is 9.70. The van der Waals surface area contributed by atoms with Gasteiger partial charge in [-0.3, -0.25) is 0 Å². The molecule has 0 atom stereocenters. The molecule has 0 aliphatic heterocycles. The van der Waals surface area contributed by atoms with Gasteiger partial charge in [0.05, 0.1) is 0 Å². The molecule has 0 bridgehead atoms. The first-order valence-corrected chi connectivity index (χ1v) is 3.07. The van der Waals surface area contributed by atoms with Gasteiger partial charge in [-0.15, -0.1) is 0 Å². The zero-order chi connectivity index (χ0) is 5.15. The van der Waals surface area contributed by atoms with Gasteiger partial charge in [-0.2, -0.15) is 0 Å². The van der Waals surface area contributed by atoms with E-state index in [1.165, 1.54) is 6.92 Å². The average Bonchev–Trinajstić information content (AvgIpc) is 1.36. The van der Waals surface area contributed by atoms with Gasteiger partial charge in [-0.25, -0.2) is 0 Å². The van der Waals surface area contributed by atoms with Crippen molar-refractivity contribution in [2.45, 2.75) is 6.92 Å². The number of hydrogen-bond acceptors (Lipinski definition) is 2. The fraction of sp³-hybridized carbons (Fsp3) is 0.333. The van der Waals surface area contributed by atoms with E-state index < -0.39 is 14.4 Å². The van der Waals surface area contributed by atoms with E-state index in [-0.39, 0.29) is 4.44 Å². The van der Waals surface area contributed by atoms with Crippen molar-refractivity contribution in [3.63, 3.8) is 0 Å². The van der Waals surface area contributed by atoms with Crippen LogP contribution in [0, 0.1) is 0 Å². The van der Waals surface area contributed by atoms with Gasteiger partial charge in [0.2, 0.25) is 0 Å². The van der Waals surface area contributed by atoms with Crippen LogP contribution in [-0.4, -0.2) is 0 Å². The monoisotopic (exact) mass is 125 g/mol. The van der Waals surface area contributed by atoms with E-state index in [9.17, 15) is 7.96 Å². The number of hydrogen-bond donors (Lipinski definition) is 0. The summed E-state index contributed by atoms with van der Waals surface area (Å²) < 4.78 is 19.7. The molecule has 6 heavy (non-hydrogen) atoms. The molecule has 0 rings (SSSR count). The molecule has 0 saturated heterocycles. The zero-order valence-corrected chi connectivity index (χ0v) is 4.71. The molecule has 2 nitrogen and oxygen atoms in total. The van der Waals surface area contributed by atoms with Gasteiger partial charge in [-0.1, -0.05) is 0 Å². The molecular weight excluding hydrogens is 120 g/mol. The first-order chi connectivity index (χ1) is 2.64. The summed E-state index contributed by atoms with van der Waals surface area (Å²) in [6.45, 7) is 4.66. The van der Waals surface area contributed by atoms with Gasteiger partial charge in [-0.05, 0) is 0 Å². The third kappa shape index (κ3) is 2.28. The van der Waals surface area contributed by atoms with E-state index in [1.807, 2.05) is 0 Å². The minimum absolute atomic E-state index is 0.273. The Morgan fingerprint density at radius 3 is 2.17 bits per heavy atom. The predicted molar refractivity (Wildman–Crippen MR) is 15.5 cm³/mol. The van der Waals surface area contributed by atoms with E-state index in [0.717, 1.165) is 0 Å². The van der Waals surface area contributed by atoms with E-state index >= 15 is 0 Å². The summed E-state index contributed by atoms with van der Waals surface area (Å²) in [5.41, 5.74) is 0. The van der Waals surface area contributed by atoms with Crippen LogP contribution in [0.25, 0.3) is 0 Å². The molecule has 0 aromatic rings. The van der Waals surface area contributed by atoms with Crippen molar-refractivity contribution in [1.82, 2.24) is 0 Å². The zero-order valence-electron chi connectivity index (χ0n) is 3.43. The Bertz CT molecular complexity index is 74.8. The Morgan fingerprint density at radius 1 is 2.00 bits per heavy atom. The second-order valence-electron chi connectivity index (χ2n) is 0.937. The summed E-state index contributed by atoms with van der Waals surface area (Å²) in [5.74, 6) is 0. The van der Waals surface area contributed by atoms with Crippen molar-refractivity contribution in [3.05, 3.63) is 11.0 Å². The summed E-state index contributed by atoms with van der Waals surface area (Å²) in [7, 11) is 0. The fourth-order valence-electron chi connectivity index (χ4n) is 0. The molecule has 0 aromatic heterocycles. The standard InChI is InChI=1S/C3H5.Cr.2O/c1-3-2;;;/h1H2,2H3;;;/q;;;-1. The van der Waals surface area contributed by atoms with Gasteiger partial charge < -0.3 is 0 Å². The molecule has 3 heteroatoms. The molecule has 0 aromatic carbocycles. The van der Waals surface area contributed by atoms with Crippen molar-refractivity contribution >= 4 is 0 Å². The Morgan fingerprint density at radius 2 is 2.17 bits per heavy atom. The third-order valence-electron chi connectivity index (χ3n) is 0.285. The molecule has 0 aliphatic carbocycles. The summed E-state index contributed by atoms with van der Waals surface area (Å²) in [5, 5.41) is 0. The van der Waals surface area contributed by atoms with Crippen LogP contribution in [0.3, 0.4) is 0 Å². The topological polar surface area (TPSA) is 40.1 Å². The van der Waals surface area contributed by atoms with E-state index in [1.54, 1.807) is 0 Å². The van der Waals surface area contributed by atoms with Crippen molar-refractivity contribution in [3.8, 4) is 0 Å². The molecule has 0 spiro atoms. The SMILES string of the molecule is C=[C](C)[Cr](=[O])[O-]. The second kappa shape index (κ2) is 2.25. The summed E-state index contributed by atoms with van der Waals surface area (Å²) >= 11 is -2.83. The quantitative estimate of drug-likeness (QED) is 0.485. The Balaban J connectivity index is 3.57. The van der Waals surface area contributed by atoms with Crippen LogP contribution < -0.4 is 4.16 Å². The molecule has 36 valence electrons. The van der Waals surface area contributed by atoms with Crippen LogP contribution in [-0.2, 0) is 18.2 Å². The molecule has 0 N–H and O–H groups in total. The van der Waals surface area contributed by atoms with Gasteiger partial charge in [0.25, 0.3) is 0 Å². The average molecular weight is 125 g/mol. The minimum atomic E-state index is -2.83. The second-order valence-corrected chi connectivity index (χ2v) is 2.76. The van der Waals surface area contributed by atoms with Crippen molar-refractivity contribution in [2.24, 2.45) is 0 Å². The van der Waals surface area contributed by atoms with Crippen LogP contribution in [0.15, 0.2) is 11.0 Å². The first kappa shape index (κ1) is 6.03. The Kier molecular flexibility index (Phi) is 2.26. The van der Waals surface area contributed by atoms with Crippen LogP contribution in [0.5, 0.6) is 0 Å². The van der Waals surface area contributed by atoms with Crippen molar-refractivity contribution < 1.29 is 22.4 Å². The molecule has 0 unspecified atom stereocenters. The van der Waals surface area contributed by atoms with Crippen molar-refractivity contribution in [1.29, 1.82) is 0 Å². The van der Waals surface area contributed by atoms with Crippen LogP contribution in [0.4, 0.5) is 0 Å². The third-order valence-corrected chi connectivity index (χ3v) is 1.17. The summed E-state index contributed by atoms with van der Waals surface area (Å²) in [6, 6.07) is 0. The molecule has 0 heterocycles. The van der Waals surface area contributed by atoms with Crippen molar-refractivity contribution in [2.75, 3.05) is 0 Å². The molecule has 0 fully saturated rings. The Labute approximate surface area is 41.0 Å². The number of allylic oxidation sites excluding steroid dienone is 1. The molecule has 0 radical (unpaired) electrons. The molecular formula is C3H5CrO2-. The van der Waals surface area contributed by atoms with Gasteiger partial charge in [0, 0.05) is 0 Å². The van der Waals surface area contributed by atoms with E-state index in [0.29, 0.717) is 0 Å². The van der Waals surface area contributed by atoms with Crippen LogP contribution in [0.2, 0.25) is 0 Å². The normalized spacial score (nSPS) is 9.17. The van der Waals surface area contributed by atoms with Gasteiger partial charge >= 0.3 is 40.3 Å². The van der Waals surface area contributed by atoms with Crippen LogP contribution >= 0.6 is 0 Å². The summed E-state index contributed by atoms with van der Waals surface area (Å²) in [6.07, 6.45) is 0. The van der Waals surface area contributed by atoms with E-state index in [4.69, 9.17) is 0 Å². The van der Waals surface area contributed by atoms with Gasteiger partial charge in [0.1, 0.15) is 0 Å². The molecule has 0 saturated carbocycles.